The summed E-state index contributed by atoms with van der Waals surface area (Å²) in [5.74, 6) is 0.814. The van der Waals surface area contributed by atoms with E-state index in [-0.39, 0.29) is 17.7 Å². The van der Waals surface area contributed by atoms with E-state index in [9.17, 15) is 9.59 Å². The van der Waals surface area contributed by atoms with Crippen LogP contribution in [0.15, 0.2) is 30.3 Å². The van der Waals surface area contributed by atoms with Gasteiger partial charge in [-0.3, -0.25) is 14.5 Å². The lowest BCUT2D eigenvalue weighted by molar-refractivity contribution is -0.136. The Bertz CT molecular complexity index is 619. The number of piperidine rings is 1. The van der Waals surface area contributed by atoms with Crippen LogP contribution in [-0.4, -0.2) is 80.6 Å². The van der Waals surface area contributed by atoms with Gasteiger partial charge >= 0.3 is 0 Å². The van der Waals surface area contributed by atoms with Crippen LogP contribution < -0.4 is 15.4 Å². The standard InChI is InChI=1S/C21H32N4O3/c26-20(8-16-28-19-6-2-1-3-7-19)25-12-4-5-18(17-25)21(27)23-11-15-24-13-9-22-10-14-24/h1-3,6-7,18,22H,4-5,8-17H2,(H,23,27). The molecule has 1 atom stereocenters. The summed E-state index contributed by atoms with van der Waals surface area (Å²) in [6.07, 6.45) is 2.07. The lowest BCUT2D eigenvalue weighted by Gasteiger charge is -2.32. The topological polar surface area (TPSA) is 73.9 Å². The summed E-state index contributed by atoms with van der Waals surface area (Å²) in [6, 6.07) is 9.51. The van der Waals surface area contributed by atoms with E-state index < -0.39 is 0 Å². The zero-order valence-corrected chi connectivity index (χ0v) is 16.6. The molecule has 28 heavy (non-hydrogen) atoms. The summed E-state index contributed by atoms with van der Waals surface area (Å²) in [5.41, 5.74) is 0. The van der Waals surface area contributed by atoms with Crippen LogP contribution in [0.25, 0.3) is 0 Å². The Labute approximate surface area is 167 Å². The van der Waals surface area contributed by atoms with Crippen molar-refractivity contribution in [1.29, 1.82) is 0 Å². The van der Waals surface area contributed by atoms with Gasteiger partial charge in [0.2, 0.25) is 11.8 Å². The van der Waals surface area contributed by atoms with E-state index in [1.807, 2.05) is 35.2 Å². The molecule has 1 aromatic carbocycles. The first-order valence-corrected chi connectivity index (χ1v) is 10.4. The Morgan fingerprint density at radius 1 is 1.14 bits per heavy atom. The molecule has 3 rings (SSSR count). The maximum atomic E-state index is 12.5. The molecule has 2 saturated heterocycles. The number of para-hydroxylation sites is 1. The van der Waals surface area contributed by atoms with Crippen molar-refractivity contribution in [1.82, 2.24) is 20.4 Å². The van der Waals surface area contributed by atoms with Gasteiger partial charge in [0.15, 0.2) is 0 Å². The van der Waals surface area contributed by atoms with E-state index in [0.29, 0.717) is 26.1 Å². The molecule has 0 bridgehead atoms. The number of likely N-dealkylation sites (tertiary alicyclic amines) is 1. The second-order valence-electron chi connectivity index (χ2n) is 7.47. The van der Waals surface area contributed by atoms with Gasteiger partial charge in [-0.1, -0.05) is 18.2 Å². The molecule has 1 unspecified atom stereocenters. The number of amides is 2. The van der Waals surface area contributed by atoms with Crippen LogP contribution in [0.3, 0.4) is 0 Å². The van der Waals surface area contributed by atoms with Gasteiger partial charge in [-0.05, 0) is 25.0 Å². The molecule has 2 aliphatic heterocycles. The van der Waals surface area contributed by atoms with Gasteiger partial charge in [-0.25, -0.2) is 0 Å². The van der Waals surface area contributed by atoms with Gasteiger partial charge < -0.3 is 20.3 Å². The second kappa shape index (κ2) is 11.0. The fourth-order valence-electron chi connectivity index (χ4n) is 3.77. The van der Waals surface area contributed by atoms with Crippen molar-refractivity contribution in [2.45, 2.75) is 19.3 Å². The number of rotatable bonds is 8. The van der Waals surface area contributed by atoms with Crippen LogP contribution in [0.5, 0.6) is 5.75 Å². The highest BCUT2D eigenvalue weighted by Gasteiger charge is 2.28. The van der Waals surface area contributed by atoms with E-state index in [4.69, 9.17) is 4.74 Å². The highest BCUT2D eigenvalue weighted by atomic mass is 16.5. The molecule has 0 spiro atoms. The number of nitrogens with one attached hydrogen (secondary N) is 2. The third-order valence-electron chi connectivity index (χ3n) is 5.41. The van der Waals surface area contributed by atoms with Crippen molar-refractivity contribution >= 4 is 11.8 Å². The zero-order valence-electron chi connectivity index (χ0n) is 16.6. The minimum atomic E-state index is -0.101. The van der Waals surface area contributed by atoms with Crippen molar-refractivity contribution < 1.29 is 14.3 Å². The number of hydrogen-bond donors (Lipinski definition) is 2. The Hall–Kier alpha value is -2.12. The van der Waals surface area contributed by atoms with Crippen molar-refractivity contribution in [3.8, 4) is 5.75 Å². The molecule has 7 heteroatoms. The third-order valence-corrected chi connectivity index (χ3v) is 5.41. The molecular weight excluding hydrogens is 356 g/mol. The summed E-state index contributed by atoms with van der Waals surface area (Å²) in [6.45, 7) is 7.27. The average molecular weight is 389 g/mol. The van der Waals surface area contributed by atoms with Gasteiger partial charge in [-0.15, -0.1) is 0 Å². The Morgan fingerprint density at radius 2 is 1.93 bits per heavy atom. The average Bonchev–Trinajstić information content (AvgIpc) is 2.75. The summed E-state index contributed by atoms with van der Waals surface area (Å²) in [4.78, 5) is 29.2. The summed E-state index contributed by atoms with van der Waals surface area (Å²) in [5, 5.41) is 6.39. The SMILES string of the molecule is O=C(NCCN1CCNCC1)C1CCCN(C(=O)CCOc2ccccc2)C1. The van der Waals surface area contributed by atoms with Crippen LogP contribution in [0.1, 0.15) is 19.3 Å². The quantitative estimate of drug-likeness (QED) is 0.686. The molecule has 1 aromatic rings. The molecule has 7 nitrogen and oxygen atoms in total. The lowest BCUT2D eigenvalue weighted by atomic mass is 9.97. The first kappa shape index (κ1) is 20.6. The fourth-order valence-corrected chi connectivity index (χ4v) is 3.77. The van der Waals surface area contributed by atoms with Crippen molar-refractivity contribution in [2.24, 2.45) is 5.92 Å². The molecule has 0 aliphatic carbocycles. The number of benzene rings is 1. The number of piperazine rings is 1. The van der Waals surface area contributed by atoms with Crippen molar-refractivity contribution in [3.63, 3.8) is 0 Å². The van der Waals surface area contributed by atoms with E-state index >= 15 is 0 Å². The minimum Gasteiger partial charge on any atom is -0.493 e. The number of ether oxygens (including phenoxy) is 1. The summed E-state index contributed by atoms with van der Waals surface area (Å²) in [7, 11) is 0. The highest BCUT2D eigenvalue weighted by Crippen LogP contribution is 2.18. The highest BCUT2D eigenvalue weighted by molar-refractivity contribution is 5.81. The zero-order chi connectivity index (χ0) is 19.6. The predicted octanol–water partition coefficient (Wildman–Crippen LogP) is 0.716. The maximum absolute atomic E-state index is 12.5. The molecule has 0 radical (unpaired) electrons. The number of carbonyl (C=O) groups excluding carboxylic acids is 2. The smallest absolute Gasteiger partial charge is 0.226 e. The molecule has 2 heterocycles. The maximum Gasteiger partial charge on any atom is 0.226 e. The third kappa shape index (κ3) is 6.49. The number of nitrogens with zero attached hydrogens (tertiary/aromatic N) is 2. The van der Waals surface area contributed by atoms with Gasteiger partial charge in [0.05, 0.1) is 18.9 Å². The molecule has 2 N–H and O–H groups in total. The van der Waals surface area contributed by atoms with Crippen LogP contribution in [0.4, 0.5) is 0 Å². The van der Waals surface area contributed by atoms with E-state index in [2.05, 4.69) is 15.5 Å². The van der Waals surface area contributed by atoms with E-state index in [0.717, 1.165) is 57.9 Å². The van der Waals surface area contributed by atoms with Crippen LogP contribution >= 0.6 is 0 Å². The number of hydrogen-bond acceptors (Lipinski definition) is 5. The Balaban J connectivity index is 1.35. The largest absolute Gasteiger partial charge is 0.493 e. The monoisotopic (exact) mass is 388 g/mol. The minimum absolute atomic E-state index is 0.0641. The Kier molecular flexibility index (Phi) is 8.11. The Morgan fingerprint density at radius 3 is 2.71 bits per heavy atom. The van der Waals surface area contributed by atoms with Crippen molar-refractivity contribution in [2.75, 3.05) is 59.0 Å². The lowest BCUT2D eigenvalue weighted by Crippen LogP contribution is -2.48. The first-order chi connectivity index (χ1) is 13.7. The molecular formula is C21H32N4O3. The van der Waals surface area contributed by atoms with Crippen LogP contribution in [0.2, 0.25) is 0 Å². The van der Waals surface area contributed by atoms with Crippen molar-refractivity contribution in [3.05, 3.63) is 30.3 Å². The molecule has 2 amide bonds. The summed E-state index contributed by atoms with van der Waals surface area (Å²) >= 11 is 0. The fraction of sp³-hybridized carbons (Fsp3) is 0.619. The summed E-state index contributed by atoms with van der Waals surface area (Å²) < 4.78 is 5.62. The van der Waals surface area contributed by atoms with Gasteiger partial charge in [0, 0.05) is 52.4 Å². The second-order valence-corrected chi connectivity index (χ2v) is 7.47. The van der Waals surface area contributed by atoms with Gasteiger partial charge in [0.25, 0.3) is 0 Å². The molecule has 2 aliphatic rings. The molecule has 0 saturated carbocycles. The van der Waals surface area contributed by atoms with Crippen LogP contribution in [0, 0.1) is 5.92 Å². The number of carbonyl (C=O) groups is 2. The normalized spacial score (nSPS) is 20.6. The van der Waals surface area contributed by atoms with Gasteiger partial charge in [0.1, 0.15) is 5.75 Å². The molecule has 0 aromatic heterocycles. The van der Waals surface area contributed by atoms with Crippen LogP contribution in [-0.2, 0) is 9.59 Å². The molecule has 2 fully saturated rings. The van der Waals surface area contributed by atoms with E-state index in [1.165, 1.54) is 0 Å². The first-order valence-electron chi connectivity index (χ1n) is 10.4. The predicted molar refractivity (Wildman–Crippen MR) is 108 cm³/mol. The van der Waals surface area contributed by atoms with E-state index in [1.54, 1.807) is 0 Å². The molecule has 154 valence electrons. The van der Waals surface area contributed by atoms with Gasteiger partial charge in [-0.2, -0.15) is 0 Å².